The Morgan fingerprint density at radius 2 is 1.95 bits per heavy atom. The number of aliphatic carboxylic acids is 1. The van der Waals surface area contributed by atoms with Crippen LogP contribution in [0.15, 0.2) is 24.3 Å². The molecular weight excluding hydrogens is 286 g/mol. The lowest BCUT2D eigenvalue weighted by atomic mass is 10.1. The van der Waals surface area contributed by atoms with E-state index in [1.54, 1.807) is 0 Å². The molecule has 1 heterocycles. The summed E-state index contributed by atoms with van der Waals surface area (Å²) in [5, 5.41) is 20.8. The zero-order chi connectivity index (χ0) is 16.3. The van der Waals surface area contributed by atoms with Gasteiger partial charge in [0.1, 0.15) is 12.6 Å². The monoisotopic (exact) mass is 303 g/mol. The van der Waals surface area contributed by atoms with E-state index in [4.69, 9.17) is 5.11 Å². The Balaban J connectivity index is 2.07. The number of hydrogen-bond acceptors (Lipinski definition) is 5. The molecule has 1 amide bonds. The Labute approximate surface area is 127 Å². The SMILES string of the molecule is Cc1ccc(-c2nnn(CC(=O)N(C)C(C)C(=O)O)n2)cc1. The largest absolute Gasteiger partial charge is 0.480 e. The lowest BCUT2D eigenvalue weighted by molar-refractivity contribution is -0.148. The number of hydrogen-bond donors (Lipinski definition) is 1. The van der Waals surface area contributed by atoms with Gasteiger partial charge in [0.25, 0.3) is 0 Å². The second-order valence-electron chi connectivity index (χ2n) is 5.03. The summed E-state index contributed by atoms with van der Waals surface area (Å²) in [5.41, 5.74) is 1.92. The molecule has 8 heteroatoms. The van der Waals surface area contributed by atoms with Gasteiger partial charge in [0, 0.05) is 12.6 Å². The number of rotatable bonds is 5. The van der Waals surface area contributed by atoms with E-state index in [9.17, 15) is 9.59 Å². The minimum atomic E-state index is -1.07. The molecule has 1 aromatic carbocycles. The molecule has 1 aromatic heterocycles. The third kappa shape index (κ3) is 3.46. The first-order chi connectivity index (χ1) is 10.4. The Kier molecular flexibility index (Phi) is 4.50. The van der Waals surface area contributed by atoms with E-state index in [0.717, 1.165) is 20.8 Å². The Morgan fingerprint density at radius 3 is 2.55 bits per heavy atom. The van der Waals surface area contributed by atoms with E-state index in [1.165, 1.54) is 14.0 Å². The fourth-order valence-electron chi connectivity index (χ4n) is 1.74. The van der Waals surface area contributed by atoms with E-state index in [1.807, 2.05) is 31.2 Å². The number of carboxylic acid groups (broad SMARTS) is 1. The van der Waals surface area contributed by atoms with Crippen molar-refractivity contribution in [3.63, 3.8) is 0 Å². The number of benzene rings is 1. The van der Waals surface area contributed by atoms with Crippen LogP contribution in [0.5, 0.6) is 0 Å². The summed E-state index contributed by atoms with van der Waals surface area (Å²) < 4.78 is 0. The standard InChI is InChI=1S/C14H17N5O3/c1-9-4-6-11(7-5-9)13-15-17-19(16-13)8-12(20)18(3)10(2)14(21)22/h4-7,10H,8H2,1-3H3,(H,21,22). The lowest BCUT2D eigenvalue weighted by Gasteiger charge is -2.20. The van der Waals surface area contributed by atoms with Crippen molar-refractivity contribution >= 4 is 11.9 Å². The van der Waals surface area contributed by atoms with Gasteiger partial charge >= 0.3 is 5.97 Å². The molecule has 0 radical (unpaired) electrons. The van der Waals surface area contributed by atoms with Crippen LogP contribution in [0.1, 0.15) is 12.5 Å². The van der Waals surface area contributed by atoms with Crippen molar-refractivity contribution in [2.24, 2.45) is 0 Å². The van der Waals surface area contributed by atoms with Crippen LogP contribution in [0.25, 0.3) is 11.4 Å². The topological polar surface area (TPSA) is 101 Å². The van der Waals surface area contributed by atoms with E-state index >= 15 is 0 Å². The zero-order valence-electron chi connectivity index (χ0n) is 12.6. The van der Waals surface area contributed by atoms with Crippen LogP contribution < -0.4 is 0 Å². The van der Waals surface area contributed by atoms with Gasteiger partial charge in [0.15, 0.2) is 0 Å². The summed E-state index contributed by atoms with van der Waals surface area (Å²) in [6, 6.07) is 6.70. The molecular formula is C14H17N5O3. The van der Waals surface area contributed by atoms with Crippen molar-refractivity contribution < 1.29 is 14.7 Å². The van der Waals surface area contributed by atoms with Gasteiger partial charge in [-0.2, -0.15) is 4.80 Å². The van der Waals surface area contributed by atoms with Gasteiger partial charge in [-0.1, -0.05) is 29.8 Å². The molecule has 116 valence electrons. The number of amides is 1. The van der Waals surface area contributed by atoms with Crippen LogP contribution in [0.3, 0.4) is 0 Å². The molecule has 0 saturated heterocycles. The zero-order valence-corrected chi connectivity index (χ0v) is 12.6. The first-order valence-electron chi connectivity index (χ1n) is 6.72. The quantitative estimate of drug-likeness (QED) is 0.867. The Hall–Kier alpha value is -2.77. The molecule has 0 aliphatic rings. The number of carboxylic acids is 1. The predicted molar refractivity (Wildman–Crippen MR) is 77.9 cm³/mol. The van der Waals surface area contributed by atoms with Crippen molar-refractivity contribution in [1.82, 2.24) is 25.1 Å². The normalized spacial score (nSPS) is 12.0. The number of likely N-dealkylation sites (N-methyl/N-ethyl adjacent to an activating group) is 1. The van der Waals surface area contributed by atoms with Crippen molar-refractivity contribution in [3.05, 3.63) is 29.8 Å². The molecule has 0 spiro atoms. The molecule has 0 aliphatic carbocycles. The molecule has 0 aliphatic heterocycles. The van der Waals surface area contributed by atoms with Gasteiger partial charge in [0.05, 0.1) is 0 Å². The highest BCUT2D eigenvalue weighted by Crippen LogP contribution is 2.13. The number of carbonyl (C=O) groups is 2. The molecule has 0 saturated carbocycles. The number of nitrogens with zero attached hydrogens (tertiary/aromatic N) is 5. The third-order valence-electron chi connectivity index (χ3n) is 3.37. The first-order valence-corrected chi connectivity index (χ1v) is 6.72. The molecule has 0 fully saturated rings. The van der Waals surface area contributed by atoms with E-state index in [-0.39, 0.29) is 6.54 Å². The van der Waals surface area contributed by atoms with E-state index < -0.39 is 17.9 Å². The minimum absolute atomic E-state index is 0.160. The molecule has 2 aromatic rings. The highest BCUT2D eigenvalue weighted by Gasteiger charge is 2.22. The fourth-order valence-corrected chi connectivity index (χ4v) is 1.74. The summed E-state index contributed by atoms with van der Waals surface area (Å²) in [4.78, 5) is 25.1. The number of aromatic nitrogens is 4. The second-order valence-corrected chi connectivity index (χ2v) is 5.03. The van der Waals surface area contributed by atoms with Gasteiger partial charge in [-0.3, -0.25) is 4.79 Å². The molecule has 0 bridgehead atoms. The second kappa shape index (κ2) is 6.33. The molecule has 1 unspecified atom stereocenters. The van der Waals surface area contributed by atoms with E-state index in [2.05, 4.69) is 15.4 Å². The van der Waals surface area contributed by atoms with Crippen molar-refractivity contribution in [1.29, 1.82) is 0 Å². The smallest absolute Gasteiger partial charge is 0.326 e. The van der Waals surface area contributed by atoms with Crippen molar-refractivity contribution in [2.75, 3.05) is 7.05 Å². The molecule has 22 heavy (non-hydrogen) atoms. The molecule has 1 atom stereocenters. The Morgan fingerprint density at radius 1 is 1.32 bits per heavy atom. The van der Waals surface area contributed by atoms with E-state index in [0.29, 0.717) is 5.82 Å². The summed E-state index contributed by atoms with van der Waals surface area (Å²) in [7, 11) is 1.43. The van der Waals surface area contributed by atoms with Gasteiger partial charge in [0.2, 0.25) is 11.7 Å². The van der Waals surface area contributed by atoms with Crippen LogP contribution in [0.4, 0.5) is 0 Å². The van der Waals surface area contributed by atoms with Gasteiger partial charge in [-0.05, 0) is 19.1 Å². The van der Waals surface area contributed by atoms with Gasteiger partial charge in [-0.25, -0.2) is 4.79 Å². The predicted octanol–water partition coefficient (Wildman–Crippen LogP) is 0.580. The lowest BCUT2D eigenvalue weighted by Crippen LogP contribution is -2.42. The summed E-state index contributed by atoms with van der Waals surface area (Å²) in [5.74, 6) is -1.05. The average molecular weight is 303 g/mol. The van der Waals surface area contributed by atoms with Crippen molar-refractivity contribution in [2.45, 2.75) is 26.4 Å². The maximum absolute atomic E-state index is 12.0. The molecule has 1 N–H and O–H groups in total. The number of carbonyl (C=O) groups excluding carboxylic acids is 1. The average Bonchev–Trinajstić information content (AvgIpc) is 2.94. The summed E-state index contributed by atoms with van der Waals surface area (Å²) >= 11 is 0. The number of tetrazole rings is 1. The maximum atomic E-state index is 12.0. The highest BCUT2D eigenvalue weighted by atomic mass is 16.4. The van der Waals surface area contributed by atoms with Crippen LogP contribution in [-0.4, -0.2) is 55.2 Å². The maximum Gasteiger partial charge on any atom is 0.326 e. The van der Waals surface area contributed by atoms with Gasteiger partial charge in [-0.15, -0.1) is 10.2 Å². The number of aryl methyl sites for hydroxylation is 1. The Bertz CT molecular complexity index is 680. The third-order valence-corrected chi connectivity index (χ3v) is 3.37. The highest BCUT2D eigenvalue weighted by molar-refractivity contribution is 5.82. The summed E-state index contributed by atoms with van der Waals surface area (Å²) in [6.45, 7) is 3.26. The van der Waals surface area contributed by atoms with Crippen LogP contribution >= 0.6 is 0 Å². The first kappa shape index (κ1) is 15.6. The van der Waals surface area contributed by atoms with Gasteiger partial charge < -0.3 is 10.0 Å². The van der Waals surface area contributed by atoms with Crippen LogP contribution in [0.2, 0.25) is 0 Å². The molecule has 8 nitrogen and oxygen atoms in total. The minimum Gasteiger partial charge on any atom is -0.480 e. The van der Waals surface area contributed by atoms with Crippen LogP contribution in [0, 0.1) is 6.92 Å². The fraction of sp³-hybridized carbons (Fsp3) is 0.357. The molecule has 2 rings (SSSR count). The van der Waals surface area contributed by atoms with Crippen molar-refractivity contribution in [3.8, 4) is 11.4 Å². The van der Waals surface area contributed by atoms with Crippen LogP contribution in [-0.2, 0) is 16.1 Å². The summed E-state index contributed by atoms with van der Waals surface area (Å²) in [6.07, 6.45) is 0.